The van der Waals surface area contributed by atoms with Gasteiger partial charge in [0.15, 0.2) is 18.3 Å². The van der Waals surface area contributed by atoms with Gasteiger partial charge in [-0.3, -0.25) is 14.4 Å². The first-order valence-corrected chi connectivity index (χ1v) is 12.4. The summed E-state index contributed by atoms with van der Waals surface area (Å²) in [5.74, 6) is -1.88. The van der Waals surface area contributed by atoms with E-state index in [1.54, 1.807) is 0 Å². The quantitative estimate of drug-likeness (QED) is 0.186. The summed E-state index contributed by atoms with van der Waals surface area (Å²) in [6.45, 7) is 5.96. The van der Waals surface area contributed by atoms with Crippen molar-refractivity contribution in [1.29, 1.82) is 0 Å². The summed E-state index contributed by atoms with van der Waals surface area (Å²) in [5.41, 5.74) is 0. The number of carbonyl (C=O) groups is 3. The minimum absolute atomic E-state index is 0.0907. The molecule has 1 aliphatic carbocycles. The number of esters is 3. The number of unbranched alkanes of at least 4 members (excludes halogenated alkanes) is 6. The Balaban J connectivity index is 3.04. The smallest absolute Gasteiger partial charge is 0.306 e. The van der Waals surface area contributed by atoms with Crippen LogP contribution >= 0.6 is 0 Å². The summed E-state index contributed by atoms with van der Waals surface area (Å²) < 4.78 is 16.3. The van der Waals surface area contributed by atoms with Crippen LogP contribution in [-0.4, -0.2) is 69.9 Å². The van der Waals surface area contributed by atoms with Crippen LogP contribution in [-0.2, 0) is 28.6 Å². The third-order valence-corrected chi connectivity index (χ3v) is 5.78. The molecule has 1 saturated carbocycles. The van der Waals surface area contributed by atoms with Gasteiger partial charge in [-0.05, 0) is 19.3 Å². The Morgan fingerprint density at radius 2 is 0.818 bits per heavy atom. The van der Waals surface area contributed by atoms with Crippen molar-refractivity contribution in [3.63, 3.8) is 0 Å². The van der Waals surface area contributed by atoms with E-state index in [1.807, 2.05) is 20.8 Å². The largest absolute Gasteiger partial charge is 0.455 e. The van der Waals surface area contributed by atoms with E-state index in [9.17, 15) is 29.7 Å². The number of ether oxygens (including phenoxy) is 3. The predicted octanol–water partition coefficient (Wildman–Crippen LogP) is 2.56. The number of aliphatic hydroxyl groups excluding tert-OH is 3. The fourth-order valence-corrected chi connectivity index (χ4v) is 3.76. The lowest BCUT2D eigenvalue weighted by Gasteiger charge is -2.44. The number of rotatable bonds is 15. The Kier molecular flexibility index (Phi) is 14.2. The Labute approximate surface area is 196 Å². The molecule has 9 nitrogen and oxygen atoms in total. The first-order chi connectivity index (χ1) is 15.8. The van der Waals surface area contributed by atoms with Crippen LogP contribution in [0, 0.1) is 0 Å². The minimum Gasteiger partial charge on any atom is -0.455 e. The first kappa shape index (κ1) is 29.3. The van der Waals surface area contributed by atoms with Crippen LogP contribution in [0.3, 0.4) is 0 Å². The Hall–Kier alpha value is -1.71. The van der Waals surface area contributed by atoms with Gasteiger partial charge in [-0.25, -0.2) is 0 Å². The van der Waals surface area contributed by atoms with Crippen molar-refractivity contribution in [2.24, 2.45) is 0 Å². The van der Waals surface area contributed by atoms with Gasteiger partial charge in [0.1, 0.15) is 18.3 Å². The maximum atomic E-state index is 12.4. The molecule has 1 fully saturated rings. The maximum absolute atomic E-state index is 12.4. The molecule has 0 saturated heterocycles. The first-order valence-electron chi connectivity index (χ1n) is 12.4. The molecule has 4 atom stereocenters. The molecule has 0 bridgehead atoms. The van der Waals surface area contributed by atoms with Gasteiger partial charge < -0.3 is 29.5 Å². The van der Waals surface area contributed by atoms with Gasteiger partial charge in [0.05, 0.1) is 0 Å². The van der Waals surface area contributed by atoms with Gasteiger partial charge in [0.25, 0.3) is 0 Å². The molecule has 33 heavy (non-hydrogen) atoms. The molecule has 0 heterocycles. The molecule has 0 aromatic carbocycles. The van der Waals surface area contributed by atoms with Crippen molar-refractivity contribution in [2.75, 3.05) is 0 Å². The minimum atomic E-state index is -1.75. The second kappa shape index (κ2) is 16.0. The van der Waals surface area contributed by atoms with E-state index >= 15 is 0 Å². The highest BCUT2D eigenvalue weighted by molar-refractivity contribution is 5.71. The summed E-state index contributed by atoms with van der Waals surface area (Å²) in [5, 5.41) is 31.4. The molecule has 9 heteroatoms. The van der Waals surface area contributed by atoms with E-state index in [4.69, 9.17) is 14.2 Å². The van der Waals surface area contributed by atoms with E-state index in [0.29, 0.717) is 19.3 Å². The average molecular weight is 475 g/mol. The Morgan fingerprint density at radius 1 is 0.515 bits per heavy atom. The Bertz CT molecular complexity index is 556. The van der Waals surface area contributed by atoms with Gasteiger partial charge >= 0.3 is 17.9 Å². The molecule has 0 radical (unpaired) electrons. The van der Waals surface area contributed by atoms with Crippen molar-refractivity contribution >= 4 is 17.9 Å². The van der Waals surface area contributed by atoms with Crippen LogP contribution in [0.1, 0.15) is 97.8 Å². The summed E-state index contributed by atoms with van der Waals surface area (Å²) in [6, 6.07) is 0. The molecular formula is C24H42O9. The summed E-state index contributed by atoms with van der Waals surface area (Å²) in [4.78, 5) is 37.1. The highest BCUT2D eigenvalue weighted by Crippen LogP contribution is 2.30. The maximum Gasteiger partial charge on any atom is 0.306 e. The third-order valence-electron chi connectivity index (χ3n) is 5.78. The SMILES string of the molecule is CCCCCC(=O)OC1C(O)C(O)C(O)C(OC(=O)CCCCC)C1OC(=O)CCCCC. The van der Waals surface area contributed by atoms with E-state index in [1.165, 1.54) is 0 Å². The molecule has 4 unspecified atom stereocenters. The van der Waals surface area contributed by atoms with Crippen molar-refractivity contribution in [2.45, 2.75) is 134 Å². The predicted molar refractivity (Wildman–Crippen MR) is 120 cm³/mol. The second-order valence-corrected chi connectivity index (χ2v) is 8.71. The number of carbonyl (C=O) groups excluding carboxylic acids is 3. The highest BCUT2D eigenvalue weighted by Gasteiger charge is 2.55. The summed E-state index contributed by atoms with van der Waals surface area (Å²) in [6.07, 6.45) is -2.37. The fourth-order valence-electron chi connectivity index (χ4n) is 3.76. The van der Waals surface area contributed by atoms with Crippen LogP contribution in [0.25, 0.3) is 0 Å². The lowest BCUT2D eigenvalue weighted by atomic mass is 9.84. The zero-order valence-corrected chi connectivity index (χ0v) is 20.2. The van der Waals surface area contributed by atoms with Crippen LogP contribution in [0.2, 0.25) is 0 Å². The van der Waals surface area contributed by atoms with Crippen molar-refractivity contribution in [3.8, 4) is 0 Å². The van der Waals surface area contributed by atoms with Crippen LogP contribution in [0.5, 0.6) is 0 Å². The molecule has 0 spiro atoms. The molecule has 1 rings (SSSR count). The van der Waals surface area contributed by atoms with E-state index in [-0.39, 0.29) is 19.3 Å². The summed E-state index contributed by atoms with van der Waals surface area (Å²) in [7, 11) is 0. The molecule has 0 aromatic heterocycles. The van der Waals surface area contributed by atoms with E-state index < -0.39 is 54.5 Å². The standard InChI is InChI=1S/C24H42O9/c1-4-7-10-13-16(25)31-22-20(29)19(28)21(30)23(32-17(26)14-11-8-5-2)24(22)33-18(27)15-12-9-6-3/h19-24,28-30H,4-15H2,1-3H3. The van der Waals surface area contributed by atoms with Crippen LogP contribution in [0.15, 0.2) is 0 Å². The molecule has 0 aliphatic heterocycles. The Morgan fingerprint density at radius 3 is 1.12 bits per heavy atom. The zero-order chi connectivity index (χ0) is 24.8. The molecule has 0 aromatic rings. The second-order valence-electron chi connectivity index (χ2n) is 8.71. The van der Waals surface area contributed by atoms with Gasteiger partial charge in [0.2, 0.25) is 0 Å². The monoisotopic (exact) mass is 474 g/mol. The highest BCUT2D eigenvalue weighted by atomic mass is 16.6. The molecule has 0 amide bonds. The van der Waals surface area contributed by atoms with Gasteiger partial charge in [0, 0.05) is 19.3 Å². The van der Waals surface area contributed by atoms with Crippen molar-refractivity contribution in [1.82, 2.24) is 0 Å². The topological polar surface area (TPSA) is 140 Å². The number of hydrogen-bond donors (Lipinski definition) is 3. The van der Waals surface area contributed by atoms with Crippen molar-refractivity contribution in [3.05, 3.63) is 0 Å². The van der Waals surface area contributed by atoms with Crippen molar-refractivity contribution < 1.29 is 43.9 Å². The van der Waals surface area contributed by atoms with E-state index in [0.717, 1.165) is 38.5 Å². The zero-order valence-electron chi connectivity index (χ0n) is 20.2. The summed E-state index contributed by atoms with van der Waals surface area (Å²) >= 11 is 0. The number of hydrogen-bond acceptors (Lipinski definition) is 9. The molecule has 1 aliphatic rings. The molecular weight excluding hydrogens is 432 g/mol. The van der Waals surface area contributed by atoms with Gasteiger partial charge in [-0.15, -0.1) is 0 Å². The normalized spacial score (nSPS) is 27.1. The molecule has 192 valence electrons. The third kappa shape index (κ3) is 9.98. The lowest BCUT2D eigenvalue weighted by molar-refractivity contribution is -0.248. The fraction of sp³-hybridized carbons (Fsp3) is 0.875. The lowest BCUT2D eigenvalue weighted by Crippen LogP contribution is -2.66. The number of aliphatic hydroxyl groups is 3. The van der Waals surface area contributed by atoms with Crippen LogP contribution in [0.4, 0.5) is 0 Å². The van der Waals surface area contributed by atoms with Gasteiger partial charge in [-0.2, -0.15) is 0 Å². The van der Waals surface area contributed by atoms with Crippen LogP contribution < -0.4 is 0 Å². The molecule has 3 N–H and O–H groups in total. The van der Waals surface area contributed by atoms with E-state index in [2.05, 4.69) is 0 Å². The average Bonchev–Trinajstić information content (AvgIpc) is 2.78. The van der Waals surface area contributed by atoms with Gasteiger partial charge in [-0.1, -0.05) is 59.3 Å².